The van der Waals surface area contributed by atoms with E-state index in [9.17, 15) is 0 Å². The molecule has 1 aromatic rings. The summed E-state index contributed by atoms with van der Waals surface area (Å²) in [6, 6.07) is 8.14. The Bertz CT molecular complexity index is 567. The number of benzene rings is 1. The zero-order chi connectivity index (χ0) is 25.1. The second-order valence-corrected chi connectivity index (χ2v) is 7.64. The summed E-state index contributed by atoms with van der Waals surface area (Å²) in [7, 11) is 0. The topological polar surface area (TPSA) is 73.8 Å². The fraction of sp³-hybridized carbons (Fsp3) is 0.704. The van der Waals surface area contributed by atoms with Crippen LogP contribution in [0.3, 0.4) is 0 Å². The first-order valence-electron chi connectivity index (χ1n) is 12.7. The first kappa shape index (κ1) is 31.7. The molecule has 0 heterocycles. The second kappa shape index (κ2) is 25.7. The third kappa shape index (κ3) is 21.6. The van der Waals surface area contributed by atoms with Gasteiger partial charge in [-0.25, -0.2) is 0 Å². The van der Waals surface area contributed by atoms with Gasteiger partial charge in [-0.1, -0.05) is 50.3 Å². The van der Waals surface area contributed by atoms with E-state index in [-0.39, 0.29) is 0 Å². The van der Waals surface area contributed by atoms with Crippen molar-refractivity contribution in [2.24, 2.45) is 0 Å². The van der Waals surface area contributed by atoms with Crippen molar-refractivity contribution in [3.05, 3.63) is 42.0 Å². The quantitative estimate of drug-likeness (QED) is 0.170. The van der Waals surface area contributed by atoms with Crippen molar-refractivity contribution in [3.63, 3.8) is 0 Å². The van der Waals surface area contributed by atoms with Crippen molar-refractivity contribution in [3.8, 4) is 0 Å². The zero-order valence-electron chi connectivity index (χ0n) is 21.6. The molecule has 0 radical (unpaired) electrons. The van der Waals surface area contributed by atoms with Gasteiger partial charge in [0.1, 0.15) is 0 Å². The van der Waals surface area contributed by atoms with Crippen LogP contribution in [-0.4, -0.2) is 99.1 Å². The average Bonchev–Trinajstić information content (AvgIpc) is 2.89. The largest absolute Gasteiger partial charge is 0.379 e. The fourth-order valence-electron chi connectivity index (χ4n) is 2.73. The highest BCUT2D eigenvalue weighted by Gasteiger charge is 1.96. The molecule has 1 rings (SSSR count). The standard InChI is InChI=1S/C27H46O8/c1-3-5-10-28-11-12-29-13-14-30-15-16-31-17-18-32-19-20-33-21-22-34-23-24-35-25-27-8-6-26(4-2)7-9-27/h4,6-9H,2-3,5,10-25H2,1H3. The van der Waals surface area contributed by atoms with Crippen LogP contribution in [0, 0.1) is 0 Å². The van der Waals surface area contributed by atoms with E-state index in [4.69, 9.17) is 37.9 Å². The Morgan fingerprint density at radius 1 is 0.514 bits per heavy atom. The minimum atomic E-state index is 0.535. The molecule has 0 bridgehead atoms. The van der Waals surface area contributed by atoms with Gasteiger partial charge in [0.05, 0.1) is 99.1 Å². The Balaban J connectivity index is 1.68. The van der Waals surface area contributed by atoms with Crippen molar-refractivity contribution >= 4 is 6.08 Å². The maximum atomic E-state index is 5.60. The van der Waals surface area contributed by atoms with Crippen molar-refractivity contribution in [1.29, 1.82) is 0 Å². The van der Waals surface area contributed by atoms with Gasteiger partial charge in [-0.15, -0.1) is 0 Å². The smallest absolute Gasteiger partial charge is 0.0718 e. The molecule has 0 atom stereocenters. The molecule has 0 unspecified atom stereocenters. The van der Waals surface area contributed by atoms with Crippen molar-refractivity contribution in [1.82, 2.24) is 0 Å². The van der Waals surface area contributed by atoms with E-state index in [1.54, 1.807) is 0 Å². The maximum absolute atomic E-state index is 5.60. The molecule has 0 aromatic heterocycles. The van der Waals surface area contributed by atoms with Gasteiger partial charge in [0.15, 0.2) is 0 Å². The lowest BCUT2D eigenvalue weighted by molar-refractivity contribution is -0.0236. The van der Waals surface area contributed by atoms with Gasteiger partial charge in [0.25, 0.3) is 0 Å². The predicted octanol–water partition coefficient (Wildman–Crippen LogP) is 3.76. The summed E-state index contributed by atoms with van der Waals surface area (Å²) in [5, 5.41) is 0. The van der Waals surface area contributed by atoms with Crippen LogP contribution in [0.5, 0.6) is 0 Å². The first-order valence-corrected chi connectivity index (χ1v) is 12.7. The highest BCUT2D eigenvalue weighted by molar-refractivity contribution is 5.47. The Kier molecular flexibility index (Phi) is 23.3. The molecule has 35 heavy (non-hydrogen) atoms. The van der Waals surface area contributed by atoms with E-state index < -0.39 is 0 Å². The minimum Gasteiger partial charge on any atom is -0.379 e. The number of rotatable bonds is 27. The molecule has 8 heteroatoms. The van der Waals surface area contributed by atoms with Gasteiger partial charge in [0, 0.05) is 6.61 Å². The zero-order valence-corrected chi connectivity index (χ0v) is 21.6. The van der Waals surface area contributed by atoms with Gasteiger partial charge in [-0.05, 0) is 17.5 Å². The first-order chi connectivity index (χ1) is 17.4. The van der Waals surface area contributed by atoms with E-state index in [1.165, 1.54) is 0 Å². The molecule has 0 spiro atoms. The number of ether oxygens (including phenoxy) is 8. The predicted molar refractivity (Wildman–Crippen MR) is 137 cm³/mol. The highest BCUT2D eigenvalue weighted by atomic mass is 16.6. The molecule has 0 aliphatic heterocycles. The summed E-state index contributed by atoms with van der Waals surface area (Å²) in [5.74, 6) is 0. The number of unbranched alkanes of at least 4 members (excludes halogenated alkanes) is 1. The maximum Gasteiger partial charge on any atom is 0.0718 e. The summed E-state index contributed by atoms with van der Waals surface area (Å²) in [4.78, 5) is 0. The molecule has 8 nitrogen and oxygen atoms in total. The third-order valence-electron chi connectivity index (χ3n) is 4.73. The molecule has 0 saturated heterocycles. The molecule has 0 aliphatic carbocycles. The average molecular weight is 499 g/mol. The SMILES string of the molecule is C=Cc1ccc(COCCOCCOCCOCCOCCOCCOCCOCCCC)cc1. The third-order valence-corrected chi connectivity index (χ3v) is 4.73. The van der Waals surface area contributed by atoms with Gasteiger partial charge in [0.2, 0.25) is 0 Å². The molecule has 0 saturated carbocycles. The van der Waals surface area contributed by atoms with Crippen molar-refractivity contribution in [2.45, 2.75) is 26.4 Å². The van der Waals surface area contributed by atoms with E-state index in [2.05, 4.69) is 13.5 Å². The van der Waals surface area contributed by atoms with E-state index in [1.807, 2.05) is 30.3 Å². The summed E-state index contributed by atoms with van der Waals surface area (Å²) in [5.41, 5.74) is 2.24. The monoisotopic (exact) mass is 498 g/mol. The molecule has 0 aliphatic rings. The van der Waals surface area contributed by atoms with Crippen LogP contribution < -0.4 is 0 Å². The summed E-state index contributed by atoms with van der Waals surface area (Å²) in [6.07, 6.45) is 4.08. The Hall–Kier alpha value is -1.36. The minimum absolute atomic E-state index is 0.535. The Morgan fingerprint density at radius 2 is 0.857 bits per heavy atom. The summed E-state index contributed by atoms with van der Waals surface area (Å²) >= 11 is 0. The lowest BCUT2D eigenvalue weighted by atomic mass is 10.1. The molecule has 1 aromatic carbocycles. The van der Waals surface area contributed by atoms with Crippen LogP contribution in [0.2, 0.25) is 0 Å². The Morgan fingerprint density at radius 3 is 1.20 bits per heavy atom. The lowest BCUT2D eigenvalue weighted by Crippen LogP contribution is -2.15. The van der Waals surface area contributed by atoms with E-state index in [0.717, 1.165) is 30.6 Å². The van der Waals surface area contributed by atoms with E-state index >= 15 is 0 Å². The molecule has 0 N–H and O–H groups in total. The second-order valence-electron chi connectivity index (χ2n) is 7.64. The van der Waals surface area contributed by atoms with Crippen LogP contribution in [0.1, 0.15) is 30.9 Å². The van der Waals surface area contributed by atoms with Gasteiger partial charge < -0.3 is 37.9 Å². The van der Waals surface area contributed by atoms with Gasteiger partial charge in [-0.2, -0.15) is 0 Å². The van der Waals surface area contributed by atoms with Crippen molar-refractivity contribution < 1.29 is 37.9 Å². The van der Waals surface area contributed by atoms with Crippen LogP contribution in [0.15, 0.2) is 30.8 Å². The molecule has 0 amide bonds. The van der Waals surface area contributed by atoms with Crippen LogP contribution in [0.25, 0.3) is 6.08 Å². The van der Waals surface area contributed by atoms with Crippen LogP contribution in [-0.2, 0) is 44.5 Å². The number of hydrogen-bond donors (Lipinski definition) is 0. The van der Waals surface area contributed by atoms with Crippen LogP contribution >= 0.6 is 0 Å². The Labute approximate surface area is 211 Å². The number of hydrogen-bond acceptors (Lipinski definition) is 8. The van der Waals surface area contributed by atoms with Gasteiger partial charge in [-0.3, -0.25) is 0 Å². The molecule has 202 valence electrons. The fourth-order valence-corrected chi connectivity index (χ4v) is 2.73. The summed E-state index contributed by atoms with van der Waals surface area (Å²) < 4.78 is 43.8. The summed E-state index contributed by atoms with van der Waals surface area (Å²) in [6.45, 7) is 15.1. The van der Waals surface area contributed by atoms with Crippen LogP contribution in [0.4, 0.5) is 0 Å². The van der Waals surface area contributed by atoms with E-state index in [0.29, 0.717) is 99.1 Å². The molecular weight excluding hydrogens is 452 g/mol. The molecular formula is C27H46O8. The lowest BCUT2D eigenvalue weighted by Gasteiger charge is -2.09. The highest BCUT2D eigenvalue weighted by Crippen LogP contribution is 2.06. The van der Waals surface area contributed by atoms with Crippen molar-refractivity contribution in [2.75, 3.05) is 99.1 Å². The normalized spacial score (nSPS) is 11.2. The van der Waals surface area contributed by atoms with Gasteiger partial charge >= 0.3 is 0 Å². The molecule has 0 fully saturated rings.